The average Bonchev–Trinajstić information content (AvgIpc) is 2.76. The molecule has 0 aliphatic rings. The molecule has 0 aliphatic heterocycles. The number of pyridine rings is 1. The number of nitrogens with one attached hydrogen (secondary N) is 2. The molecule has 3 rings (SSSR count). The molecule has 2 N–H and O–H groups in total. The summed E-state index contributed by atoms with van der Waals surface area (Å²) in [5.74, 6) is 1.52. The van der Waals surface area contributed by atoms with Gasteiger partial charge in [-0.05, 0) is 36.2 Å². The Morgan fingerprint density at radius 2 is 1.86 bits per heavy atom. The second-order valence-electron chi connectivity index (χ2n) is 6.71. The lowest BCUT2D eigenvalue weighted by atomic mass is 10.0. The second kappa shape index (κ2) is 10.3. The summed E-state index contributed by atoms with van der Waals surface area (Å²) in [6, 6.07) is 21.6. The third kappa shape index (κ3) is 5.43. The lowest BCUT2D eigenvalue weighted by molar-refractivity contribution is 0.306. The molecule has 4 heteroatoms. The van der Waals surface area contributed by atoms with Gasteiger partial charge in [0.05, 0.1) is 5.71 Å². The predicted octanol–water partition coefficient (Wildman–Crippen LogP) is 5.68. The Labute approximate surface area is 167 Å². The summed E-state index contributed by atoms with van der Waals surface area (Å²) in [7, 11) is 0. The molecule has 2 aromatic carbocycles. The normalized spacial score (nSPS) is 10.5. The van der Waals surface area contributed by atoms with Crippen LogP contribution in [-0.2, 0) is 6.61 Å². The molecular weight excluding hydrogens is 346 g/mol. The monoisotopic (exact) mass is 373 g/mol. The highest BCUT2D eigenvalue weighted by Crippen LogP contribution is 2.21. The van der Waals surface area contributed by atoms with E-state index in [0.29, 0.717) is 12.3 Å². The number of unbranched alkanes of at least 4 members (excludes halogenated alkanes) is 2. The zero-order valence-electron chi connectivity index (χ0n) is 16.3. The molecule has 0 bridgehead atoms. The summed E-state index contributed by atoms with van der Waals surface area (Å²) in [6.07, 6.45) is 5.23. The zero-order valence-corrected chi connectivity index (χ0v) is 16.3. The molecule has 1 aromatic heterocycles. The van der Waals surface area contributed by atoms with E-state index in [1.807, 2.05) is 66.7 Å². The van der Waals surface area contributed by atoms with Crippen molar-refractivity contribution in [3.05, 3.63) is 89.6 Å². The molecular formula is C24H27N3O. The molecule has 0 unspecified atom stereocenters. The summed E-state index contributed by atoms with van der Waals surface area (Å²) < 4.78 is 5.91. The first kappa shape index (κ1) is 19.6. The fourth-order valence-corrected chi connectivity index (χ4v) is 2.97. The minimum Gasteiger partial charge on any atom is -0.489 e. The first-order chi connectivity index (χ1) is 13.8. The first-order valence-electron chi connectivity index (χ1n) is 9.83. The van der Waals surface area contributed by atoms with Crippen molar-refractivity contribution in [1.82, 2.24) is 4.98 Å². The fraction of sp³-hybridized carbons (Fsp3) is 0.250. The summed E-state index contributed by atoms with van der Waals surface area (Å²) in [6.45, 7) is 3.56. The van der Waals surface area contributed by atoms with Crippen LogP contribution in [0.15, 0.2) is 72.9 Å². The number of rotatable bonds is 10. The molecule has 1 heterocycles. The van der Waals surface area contributed by atoms with Crippen LogP contribution in [0, 0.1) is 5.41 Å². The van der Waals surface area contributed by atoms with Crippen molar-refractivity contribution >= 4 is 11.5 Å². The van der Waals surface area contributed by atoms with E-state index in [-0.39, 0.29) is 0 Å². The number of nitrogens with zero attached hydrogens (tertiary/aromatic N) is 1. The van der Waals surface area contributed by atoms with Gasteiger partial charge in [0.2, 0.25) is 0 Å². The number of hydrogen-bond acceptors (Lipinski definition) is 4. The summed E-state index contributed by atoms with van der Waals surface area (Å²) in [5, 5.41) is 12.1. The largest absolute Gasteiger partial charge is 0.489 e. The Hall–Kier alpha value is -3.14. The summed E-state index contributed by atoms with van der Waals surface area (Å²) in [4.78, 5) is 4.44. The Morgan fingerprint density at radius 3 is 2.68 bits per heavy atom. The zero-order chi connectivity index (χ0) is 19.6. The Morgan fingerprint density at radius 1 is 1.00 bits per heavy atom. The van der Waals surface area contributed by atoms with E-state index in [1.165, 1.54) is 12.8 Å². The maximum Gasteiger partial charge on any atom is 0.135 e. The Kier molecular flexibility index (Phi) is 7.19. The molecule has 0 aliphatic carbocycles. The van der Waals surface area contributed by atoms with Crippen LogP contribution in [-0.4, -0.2) is 17.2 Å². The molecule has 0 saturated carbocycles. The predicted molar refractivity (Wildman–Crippen MR) is 115 cm³/mol. The molecule has 3 aromatic rings. The van der Waals surface area contributed by atoms with Crippen molar-refractivity contribution in [3.8, 4) is 5.75 Å². The van der Waals surface area contributed by atoms with Gasteiger partial charge in [-0.2, -0.15) is 0 Å². The maximum absolute atomic E-state index is 8.69. The van der Waals surface area contributed by atoms with Crippen molar-refractivity contribution in [3.63, 3.8) is 0 Å². The molecule has 144 valence electrons. The summed E-state index contributed by atoms with van der Waals surface area (Å²) in [5.41, 5.74) is 3.18. The standard InChI is InChI=1S/C24H27N3O/c1-2-3-7-15-26-24-22(14-9-16-27-24)23(25)20-12-8-13-21(17-20)28-18-19-10-5-4-6-11-19/h4-6,8-14,16-17,25H,2-3,7,15,18H2,1H3,(H,26,27). The quantitative estimate of drug-likeness (QED) is 0.355. The van der Waals surface area contributed by atoms with Crippen LogP contribution in [0.5, 0.6) is 5.75 Å². The van der Waals surface area contributed by atoms with Crippen LogP contribution in [0.25, 0.3) is 0 Å². The average molecular weight is 374 g/mol. The number of anilines is 1. The van der Waals surface area contributed by atoms with Crippen molar-refractivity contribution in [2.75, 3.05) is 11.9 Å². The second-order valence-corrected chi connectivity index (χ2v) is 6.71. The van der Waals surface area contributed by atoms with E-state index in [2.05, 4.69) is 17.2 Å². The molecule has 0 amide bonds. The van der Waals surface area contributed by atoms with Crippen molar-refractivity contribution < 1.29 is 4.74 Å². The Bertz CT molecular complexity index is 893. The van der Waals surface area contributed by atoms with E-state index in [1.54, 1.807) is 6.20 Å². The first-order valence-corrected chi connectivity index (χ1v) is 9.83. The molecule has 4 nitrogen and oxygen atoms in total. The van der Waals surface area contributed by atoms with Gasteiger partial charge >= 0.3 is 0 Å². The van der Waals surface area contributed by atoms with Gasteiger partial charge in [0.1, 0.15) is 18.2 Å². The van der Waals surface area contributed by atoms with Crippen LogP contribution < -0.4 is 10.1 Å². The van der Waals surface area contributed by atoms with Crippen LogP contribution in [0.3, 0.4) is 0 Å². The van der Waals surface area contributed by atoms with Gasteiger partial charge in [-0.1, -0.05) is 62.2 Å². The van der Waals surface area contributed by atoms with Gasteiger partial charge in [-0.15, -0.1) is 0 Å². The van der Waals surface area contributed by atoms with Gasteiger partial charge in [0.15, 0.2) is 0 Å². The van der Waals surface area contributed by atoms with Gasteiger partial charge < -0.3 is 10.1 Å². The molecule has 0 fully saturated rings. The number of ether oxygens (including phenoxy) is 1. The fourth-order valence-electron chi connectivity index (χ4n) is 2.97. The molecule has 28 heavy (non-hydrogen) atoms. The van der Waals surface area contributed by atoms with Gasteiger partial charge in [0.25, 0.3) is 0 Å². The SMILES string of the molecule is CCCCCNc1ncccc1C(=N)c1cccc(OCc2ccccc2)c1. The van der Waals surface area contributed by atoms with Crippen molar-refractivity contribution in [1.29, 1.82) is 5.41 Å². The smallest absolute Gasteiger partial charge is 0.135 e. The third-order valence-electron chi connectivity index (χ3n) is 4.52. The van der Waals surface area contributed by atoms with Crippen LogP contribution in [0.1, 0.15) is 42.9 Å². The van der Waals surface area contributed by atoms with E-state index in [4.69, 9.17) is 10.1 Å². The van der Waals surface area contributed by atoms with Crippen molar-refractivity contribution in [2.45, 2.75) is 32.8 Å². The number of hydrogen-bond donors (Lipinski definition) is 2. The van der Waals surface area contributed by atoms with Crippen molar-refractivity contribution in [2.24, 2.45) is 0 Å². The highest BCUT2D eigenvalue weighted by molar-refractivity contribution is 6.13. The molecule has 0 radical (unpaired) electrons. The highest BCUT2D eigenvalue weighted by atomic mass is 16.5. The maximum atomic E-state index is 8.69. The molecule has 0 spiro atoms. The van der Waals surface area contributed by atoms with E-state index >= 15 is 0 Å². The highest BCUT2D eigenvalue weighted by Gasteiger charge is 2.11. The Balaban J connectivity index is 1.70. The lowest BCUT2D eigenvalue weighted by Gasteiger charge is -2.13. The lowest BCUT2D eigenvalue weighted by Crippen LogP contribution is -2.10. The summed E-state index contributed by atoms with van der Waals surface area (Å²) >= 11 is 0. The van der Waals surface area contributed by atoms with Crippen LogP contribution >= 0.6 is 0 Å². The number of benzene rings is 2. The van der Waals surface area contributed by atoms with Gasteiger partial charge in [0, 0.05) is 23.9 Å². The number of aromatic nitrogens is 1. The van der Waals surface area contributed by atoms with Gasteiger partial charge in [-0.3, -0.25) is 5.41 Å². The molecule has 0 saturated heterocycles. The molecule has 0 atom stereocenters. The van der Waals surface area contributed by atoms with Crippen LogP contribution in [0.2, 0.25) is 0 Å². The van der Waals surface area contributed by atoms with Crippen LogP contribution in [0.4, 0.5) is 5.82 Å². The van der Waals surface area contributed by atoms with E-state index < -0.39 is 0 Å². The third-order valence-corrected chi connectivity index (χ3v) is 4.52. The van der Waals surface area contributed by atoms with Gasteiger partial charge in [-0.25, -0.2) is 4.98 Å². The minimum absolute atomic E-state index is 0.441. The minimum atomic E-state index is 0.441. The van der Waals surface area contributed by atoms with E-state index in [9.17, 15) is 0 Å². The van der Waals surface area contributed by atoms with E-state index in [0.717, 1.165) is 41.2 Å². The topological polar surface area (TPSA) is 58.0 Å².